The maximum Gasteiger partial charge on any atom is 0.225 e. The van der Waals surface area contributed by atoms with Crippen molar-refractivity contribution in [2.45, 2.75) is 117 Å². The zero-order valence-electron chi connectivity index (χ0n) is 20.8. The lowest BCUT2D eigenvalue weighted by Crippen LogP contribution is -2.53. The van der Waals surface area contributed by atoms with Crippen molar-refractivity contribution in [1.29, 1.82) is 0 Å². The fraction of sp³-hybridized carbons (Fsp3) is 0.957. The Labute approximate surface area is 176 Å². The van der Waals surface area contributed by atoms with Gasteiger partial charge in [0, 0.05) is 19.2 Å². The zero-order valence-corrected chi connectivity index (χ0v) is 20.8. The van der Waals surface area contributed by atoms with Crippen LogP contribution in [0, 0.1) is 5.41 Å². The standard InChI is InChI=1S/C23H46BNO3/c1-19(2,3)17-25(21(6,7)16-20(4,5)24)18(26)15-23(10,11)28-14-13-22(8,9)27-12/h13-17H2,1-12H3. The van der Waals surface area contributed by atoms with E-state index in [2.05, 4.69) is 34.6 Å². The van der Waals surface area contributed by atoms with Crippen molar-refractivity contribution in [3.63, 3.8) is 0 Å². The monoisotopic (exact) mass is 395 g/mol. The van der Waals surface area contributed by atoms with Gasteiger partial charge in [-0.1, -0.05) is 39.9 Å². The summed E-state index contributed by atoms with van der Waals surface area (Å²) in [5.41, 5.74) is -1.10. The van der Waals surface area contributed by atoms with Gasteiger partial charge in [-0.15, -0.1) is 0 Å². The molecule has 0 saturated heterocycles. The molecule has 0 aliphatic heterocycles. The van der Waals surface area contributed by atoms with E-state index in [0.717, 1.165) is 12.8 Å². The van der Waals surface area contributed by atoms with Crippen LogP contribution in [0.1, 0.15) is 95.4 Å². The number of amides is 1. The van der Waals surface area contributed by atoms with Crippen LogP contribution < -0.4 is 0 Å². The molecule has 164 valence electrons. The van der Waals surface area contributed by atoms with E-state index in [9.17, 15) is 4.79 Å². The van der Waals surface area contributed by atoms with Gasteiger partial charge in [0.2, 0.25) is 5.91 Å². The van der Waals surface area contributed by atoms with E-state index in [0.29, 0.717) is 19.6 Å². The molecule has 2 radical (unpaired) electrons. The number of ether oxygens (including phenoxy) is 2. The molecule has 28 heavy (non-hydrogen) atoms. The minimum absolute atomic E-state index is 0.000833. The van der Waals surface area contributed by atoms with Gasteiger partial charge in [-0.2, -0.15) is 0 Å². The molecular weight excluding hydrogens is 349 g/mol. The fourth-order valence-corrected chi connectivity index (χ4v) is 3.51. The molecule has 0 atom stereocenters. The van der Waals surface area contributed by atoms with Crippen molar-refractivity contribution >= 4 is 13.8 Å². The summed E-state index contributed by atoms with van der Waals surface area (Å²) in [4.78, 5) is 15.4. The van der Waals surface area contributed by atoms with Gasteiger partial charge in [0.05, 0.1) is 32.1 Å². The van der Waals surface area contributed by atoms with Crippen molar-refractivity contribution in [3.05, 3.63) is 0 Å². The summed E-state index contributed by atoms with van der Waals surface area (Å²) >= 11 is 0. The molecule has 0 fully saturated rings. The SMILES string of the molecule is [B]C(C)(C)CC(C)(C)N(CC(C)(C)C)C(=O)CC(C)(C)OCCC(C)(C)OC. The number of rotatable bonds is 11. The second-order valence-electron chi connectivity index (χ2n) is 12.0. The number of hydrogen-bond donors (Lipinski definition) is 0. The minimum atomic E-state index is -0.536. The molecule has 5 heteroatoms. The maximum absolute atomic E-state index is 13.4. The van der Waals surface area contributed by atoms with Crippen molar-refractivity contribution in [3.8, 4) is 0 Å². The molecule has 0 aromatic carbocycles. The lowest BCUT2D eigenvalue weighted by molar-refractivity contribution is -0.146. The van der Waals surface area contributed by atoms with Gasteiger partial charge >= 0.3 is 0 Å². The largest absolute Gasteiger partial charge is 0.379 e. The average Bonchev–Trinajstić information content (AvgIpc) is 2.40. The van der Waals surface area contributed by atoms with Crippen molar-refractivity contribution in [2.24, 2.45) is 5.41 Å². The third kappa shape index (κ3) is 11.5. The Morgan fingerprint density at radius 3 is 1.79 bits per heavy atom. The topological polar surface area (TPSA) is 38.8 Å². The summed E-state index contributed by atoms with van der Waals surface area (Å²) in [5.74, 6) is 0.111. The Kier molecular flexibility index (Phi) is 9.33. The van der Waals surface area contributed by atoms with Crippen LogP contribution in [0.25, 0.3) is 0 Å². The smallest absolute Gasteiger partial charge is 0.225 e. The summed E-state index contributed by atoms with van der Waals surface area (Å²) in [5, 5.41) is -0.350. The summed E-state index contributed by atoms with van der Waals surface area (Å²) in [6, 6.07) is 0. The van der Waals surface area contributed by atoms with Crippen LogP contribution in [0.2, 0.25) is 5.31 Å². The van der Waals surface area contributed by atoms with Gasteiger partial charge in [0.1, 0.15) is 0 Å². The fourth-order valence-electron chi connectivity index (χ4n) is 3.51. The van der Waals surface area contributed by atoms with Gasteiger partial charge in [0.25, 0.3) is 0 Å². The first kappa shape index (κ1) is 27.5. The molecular formula is C23H46BNO3. The van der Waals surface area contributed by atoms with Crippen molar-refractivity contribution in [2.75, 3.05) is 20.3 Å². The summed E-state index contributed by atoms with van der Waals surface area (Å²) in [6.07, 6.45) is 1.84. The van der Waals surface area contributed by atoms with Crippen LogP contribution in [0.5, 0.6) is 0 Å². The second-order valence-corrected chi connectivity index (χ2v) is 12.0. The normalized spacial score (nSPS) is 14.3. The summed E-state index contributed by atoms with van der Waals surface area (Å²) in [7, 11) is 8.00. The Morgan fingerprint density at radius 2 is 1.39 bits per heavy atom. The molecule has 0 aliphatic carbocycles. The van der Waals surface area contributed by atoms with Gasteiger partial charge < -0.3 is 14.4 Å². The van der Waals surface area contributed by atoms with E-state index in [1.54, 1.807) is 7.11 Å². The first-order valence-corrected chi connectivity index (χ1v) is 10.5. The van der Waals surface area contributed by atoms with Crippen LogP contribution in [0.4, 0.5) is 0 Å². The van der Waals surface area contributed by atoms with Gasteiger partial charge in [-0.05, 0) is 59.8 Å². The number of carbonyl (C=O) groups excluding carboxylic acids is 1. The molecule has 0 rings (SSSR count). The summed E-state index contributed by atoms with van der Waals surface area (Å²) in [6.45, 7) is 24.0. The molecule has 1 amide bonds. The highest BCUT2D eigenvalue weighted by atomic mass is 16.5. The number of hydrogen-bond acceptors (Lipinski definition) is 3. The van der Waals surface area contributed by atoms with E-state index in [1.807, 2.05) is 46.4 Å². The molecule has 0 bridgehead atoms. The van der Waals surface area contributed by atoms with E-state index in [-0.39, 0.29) is 27.8 Å². The zero-order chi connectivity index (χ0) is 22.6. The third-order valence-electron chi connectivity index (χ3n) is 4.88. The Morgan fingerprint density at radius 1 is 0.893 bits per heavy atom. The first-order valence-electron chi connectivity index (χ1n) is 10.5. The maximum atomic E-state index is 13.4. The van der Waals surface area contributed by atoms with Crippen LogP contribution in [-0.2, 0) is 14.3 Å². The molecule has 0 heterocycles. The van der Waals surface area contributed by atoms with Crippen LogP contribution in [0.3, 0.4) is 0 Å². The third-order valence-corrected chi connectivity index (χ3v) is 4.88. The molecule has 4 nitrogen and oxygen atoms in total. The van der Waals surface area contributed by atoms with Crippen molar-refractivity contribution < 1.29 is 14.3 Å². The second kappa shape index (κ2) is 9.51. The quantitative estimate of drug-likeness (QED) is 0.440. The molecule has 0 unspecified atom stereocenters. The first-order chi connectivity index (χ1) is 12.2. The average molecular weight is 395 g/mol. The lowest BCUT2D eigenvalue weighted by atomic mass is 9.65. The predicted octanol–water partition coefficient (Wildman–Crippen LogP) is 5.40. The number of methoxy groups -OCH3 is 1. The van der Waals surface area contributed by atoms with E-state index >= 15 is 0 Å². The predicted molar refractivity (Wildman–Crippen MR) is 120 cm³/mol. The van der Waals surface area contributed by atoms with Crippen LogP contribution in [-0.4, -0.2) is 55.7 Å². The molecule has 0 saturated carbocycles. The number of carbonyl (C=O) groups is 1. The molecule has 0 aliphatic rings. The van der Waals surface area contributed by atoms with Gasteiger partial charge in [0.15, 0.2) is 0 Å². The highest BCUT2D eigenvalue weighted by molar-refractivity contribution is 6.14. The highest BCUT2D eigenvalue weighted by Crippen LogP contribution is 2.37. The number of nitrogens with zero attached hydrogens (tertiary/aromatic N) is 1. The molecule has 0 aromatic rings. The van der Waals surface area contributed by atoms with E-state index in [1.165, 1.54) is 0 Å². The lowest BCUT2D eigenvalue weighted by Gasteiger charge is -2.46. The molecule has 0 spiro atoms. The van der Waals surface area contributed by atoms with E-state index < -0.39 is 5.60 Å². The van der Waals surface area contributed by atoms with Crippen molar-refractivity contribution in [1.82, 2.24) is 4.90 Å². The van der Waals surface area contributed by atoms with Gasteiger partial charge in [-0.3, -0.25) is 4.79 Å². The van der Waals surface area contributed by atoms with Crippen LogP contribution in [0.15, 0.2) is 0 Å². The van der Waals surface area contributed by atoms with E-state index in [4.69, 9.17) is 17.3 Å². The Balaban J connectivity index is 5.28. The molecule has 0 aromatic heterocycles. The highest BCUT2D eigenvalue weighted by Gasteiger charge is 2.38. The Bertz CT molecular complexity index is 499. The minimum Gasteiger partial charge on any atom is -0.379 e. The summed E-state index contributed by atoms with van der Waals surface area (Å²) < 4.78 is 11.5. The Hall–Kier alpha value is -0.545. The molecule has 0 N–H and O–H groups in total. The van der Waals surface area contributed by atoms with Gasteiger partial charge in [-0.25, -0.2) is 0 Å². The van der Waals surface area contributed by atoms with Crippen LogP contribution >= 0.6 is 0 Å².